The van der Waals surface area contributed by atoms with Crippen LogP contribution in [0.5, 0.6) is 5.75 Å². The Hall–Kier alpha value is -2.57. The summed E-state index contributed by atoms with van der Waals surface area (Å²) in [5.74, 6) is 0.658. The molecule has 2 amide bonds. The molecule has 1 saturated heterocycles. The zero-order chi connectivity index (χ0) is 19.8. The third-order valence-electron chi connectivity index (χ3n) is 4.82. The van der Waals surface area contributed by atoms with Crippen LogP contribution in [0.4, 0.5) is 10.5 Å². The second-order valence-electron chi connectivity index (χ2n) is 7.02. The van der Waals surface area contributed by atoms with Crippen LogP contribution in [0.1, 0.15) is 11.1 Å². The van der Waals surface area contributed by atoms with E-state index in [0.717, 1.165) is 19.6 Å². The van der Waals surface area contributed by atoms with Crippen LogP contribution in [0.15, 0.2) is 48.5 Å². The van der Waals surface area contributed by atoms with E-state index in [2.05, 4.69) is 41.4 Å². The molecule has 1 N–H and O–H groups in total. The summed E-state index contributed by atoms with van der Waals surface area (Å²) in [6, 6.07) is 16.0. The highest BCUT2D eigenvalue weighted by Gasteiger charge is 2.22. The van der Waals surface area contributed by atoms with Gasteiger partial charge in [0.2, 0.25) is 0 Å². The number of piperazine rings is 1. The largest absolute Gasteiger partial charge is 0.489 e. The van der Waals surface area contributed by atoms with Crippen molar-refractivity contribution in [3.8, 4) is 5.75 Å². The predicted molar refractivity (Wildman–Crippen MR) is 111 cm³/mol. The number of nitrogens with zero attached hydrogens (tertiary/aromatic N) is 2. The van der Waals surface area contributed by atoms with Crippen molar-refractivity contribution in [2.24, 2.45) is 0 Å². The lowest BCUT2D eigenvalue weighted by atomic mass is 10.1. The molecule has 0 radical (unpaired) electrons. The maximum atomic E-state index is 12.7. The molecule has 1 aliphatic rings. The summed E-state index contributed by atoms with van der Waals surface area (Å²) in [4.78, 5) is 16.9. The SMILES string of the molecule is COCCOc1ccccc1NC(=O)N1CCN(Cc2cccc(C)c2)CC1. The van der Waals surface area contributed by atoms with Gasteiger partial charge in [0, 0.05) is 39.8 Å². The van der Waals surface area contributed by atoms with Gasteiger partial charge in [-0.1, -0.05) is 42.0 Å². The molecule has 0 spiro atoms. The smallest absolute Gasteiger partial charge is 0.322 e. The second-order valence-corrected chi connectivity index (χ2v) is 7.02. The summed E-state index contributed by atoms with van der Waals surface area (Å²) in [5, 5.41) is 2.98. The summed E-state index contributed by atoms with van der Waals surface area (Å²) >= 11 is 0. The normalized spacial score (nSPS) is 14.7. The molecular formula is C22H29N3O3. The molecule has 0 aromatic heterocycles. The molecule has 6 nitrogen and oxygen atoms in total. The van der Waals surface area contributed by atoms with Crippen LogP contribution in [-0.2, 0) is 11.3 Å². The average molecular weight is 383 g/mol. The Bertz CT molecular complexity index is 773. The Morgan fingerprint density at radius 2 is 1.82 bits per heavy atom. The lowest BCUT2D eigenvalue weighted by molar-refractivity contribution is 0.142. The molecule has 0 atom stereocenters. The number of hydrogen-bond donors (Lipinski definition) is 1. The molecular weight excluding hydrogens is 354 g/mol. The van der Waals surface area contributed by atoms with Gasteiger partial charge in [-0.15, -0.1) is 0 Å². The van der Waals surface area contributed by atoms with Gasteiger partial charge < -0.3 is 19.7 Å². The van der Waals surface area contributed by atoms with Crippen LogP contribution < -0.4 is 10.1 Å². The third-order valence-corrected chi connectivity index (χ3v) is 4.82. The summed E-state index contributed by atoms with van der Waals surface area (Å²) in [6.07, 6.45) is 0. The number of nitrogens with one attached hydrogen (secondary N) is 1. The Kier molecular flexibility index (Phi) is 7.28. The summed E-state index contributed by atoms with van der Waals surface area (Å²) in [6.45, 7) is 7.15. The Morgan fingerprint density at radius 3 is 2.57 bits per heavy atom. The van der Waals surface area contributed by atoms with Crippen molar-refractivity contribution in [1.82, 2.24) is 9.80 Å². The molecule has 0 unspecified atom stereocenters. The van der Waals surface area contributed by atoms with Crippen molar-refractivity contribution in [3.05, 3.63) is 59.7 Å². The number of benzene rings is 2. The van der Waals surface area contributed by atoms with Crippen LogP contribution >= 0.6 is 0 Å². The molecule has 150 valence electrons. The van der Waals surface area contributed by atoms with E-state index >= 15 is 0 Å². The Balaban J connectivity index is 1.50. The third kappa shape index (κ3) is 5.71. The first-order valence-corrected chi connectivity index (χ1v) is 9.70. The van der Waals surface area contributed by atoms with E-state index in [1.54, 1.807) is 7.11 Å². The van der Waals surface area contributed by atoms with E-state index in [0.29, 0.717) is 37.7 Å². The molecule has 0 saturated carbocycles. The molecule has 2 aromatic rings. The minimum Gasteiger partial charge on any atom is -0.489 e. The first-order valence-electron chi connectivity index (χ1n) is 9.70. The fourth-order valence-electron chi connectivity index (χ4n) is 3.30. The van der Waals surface area contributed by atoms with Crippen LogP contribution in [-0.4, -0.2) is 62.3 Å². The lowest BCUT2D eigenvalue weighted by Gasteiger charge is -2.34. The minimum atomic E-state index is -0.0852. The van der Waals surface area contributed by atoms with Gasteiger partial charge in [0.1, 0.15) is 12.4 Å². The van der Waals surface area contributed by atoms with Crippen molar-refractivity contribution in [2.75, 3.05) is 51.8 Å². The number of hydrogen-bond acceptors (Lipinski definition) is 4. The molecule has 0 bridgehead atoms. The fourth-order valence-corrected chi connectivity index (χ4v) is 3.30. The molecule has 1 fully saturated rings. The van der Waals surface area contributed by atoms with Gasteiger partial charge in [-0.2, -0.15) is 0 Å². The van der Waals surface area contributed by atoms with E-state index in [4.69, 9.17) is 9.47 Å². The van der Waals surface area contributed by atoms with Crippen LogP contribution in [0, 0.1) is 6.92 Å². The average Bonchev–Trinajstić information content (AvgIpc) is 2.70. The van der Waals surface area contributed by atoms with Gasteiger partial charge in [0.15, 0.2) is 0 Å². The number of amides is 2. The Morgan fingerprint density at radius 1 is 1.04 bits per heavy atom. The van der Waals surface area contributed by atoms with Gasteiger partial charge in [0.05, 0.1) is 12.3 Å². The van der Waals surface area contributed by atoms with Crippen LogP contribution in [0.3, 0.4) is 0 Å². The minimum absolute atomic E-state index is 0.0852. The number of carbonyl (C=O) groups excluding carboxylic acids is 1. The van der Waals surface area contributed by atoms with E-state index in [-0.39, 0.29) is 6.03 Å². The number of methoxy groups -OCH3 is 1. The number of rotatable bonds is 7. The highest BCUT2D eigenvalue weighted by atomic mass is 16.5. The van der Waals surface area contributed by atoms with E-state index < -0.39 is 0 Å². The number of ether oxygens (including phenoxy) is 2. The number of aryl methyl sites for hydroxylation is 1. The quantitative estimate of drug-likeness (QED) is 0.745. The highest BCUT2D eigenvalue weighted by molar-refractivity contribution is 5.91. The first kappa shape index (κ1) is 20.2. The zero-order valence-electron chi connectivity index (χ0n) is 16.7. The lowest BCUT2D eigenvalue weighted by Crippen LogP contribution is -2.49. The van der Waals surface area contributed by atoms with Crippen molar-refractivity contribution in [3.63, 3.8) is 0 Å². The highest BCUT2D eigenvalue weighted by Crippen LogP contribution is 2.24. The second kappa shape index (κ2) is 10.1. The van der Waals surface area contributed by atoms with Crippen molar-refractivity contribution < 1.29 is 14.3 Å². The van der Waals surface area contributed by atoms with E-state index in [9.17, 15) is 4.79 Å². The van der Waals surface area contributed by atoms with Gasteiger partial charge in [-0.05, 0) is 24.6 Å². The standard InChI is InChI=1S/C22H29N3O3/c1-18-6-5-7-19(16-18)17-24-10-12-25(13-11-24)22(26)23-20-8-3-4-9-21(20)28-15-14-27-2/h3-9,16H,10-15,17H2,1-2H3,(H,23,26). The molecule has 3 rings (SSSR count). The molecule has 0 aliphatic carbocycles. The van der Waals surface area contributed by atoms with Crippen LogP contribution in [0.25, 0.3) is 0 Å². The molecule has 28 heavy (non-hydrogen) atoms. The number of anilines is 1. The van der Waals surface area contributed by atoms with Crippen molar-refractivity contribution in [1.29, 1.82) is 0 Å². The number of para-hydroxylation sites is 2. The van der Waals surface area contributed by atoms with Crippen molar-refractivity contribution >= 4 is 11.7 Å². The maximum Gasteiger partial charge on any atom is 0.322 e. The Labute approximate surface area is 167 Å². The van der Waals surface area contributed by atoms with Crippen LogP contribution in [0.2, 0.25) is 0 Å². The molecule has 2 aromatic carbocycles. The van der Waals surface area contributed by atoms with Gasteiger partial charge in [0.25, 0.3) is 0 Å². The summed E-state index contributed by atoms with van der Waals surface area (Å²) < 4.78 is 10.7. The monoisotopic (exact) mass is 383 g/mol. The van der Waals surface area contributed by atoms with Crippen molar-refractivity contribution in [2.45, 2.75) is 13.5 Å². The number of carbonyl (C=O) groups is 1. The zero-order valence-corrected chi connectivity index (χ0v) is 16.7. The van der Waals surface area contributed by atoms with E-state index in [1.165, 1.54) is 11.1 Å². The summed E-state index contributed by atoms with van der Waals surface area (Å²) in [5.41, 5.74) is 3.28. The van der Waals surface area contributed by atoms with Gasteiger partial charge >= 0.3 is 6.03 Å². The molecule has 1 aliphatic heterocycles. The number of urea groups is 1. The predicted octanol–water partition coefficient (Wildman–Crippen LogP) is 3.37. The fraction of sp³-hybridized carbons (Fsp3) is 0.409. The van der Waals surface area contributed by atoms with E-state index in [1.807, 2.05) is 29.2 Å². The maximum absolute atomic E-state index is 12.7. The topological polar surface area (TPSA) is 54.0 Å². The molecule has 1 heterocycles. The first-order chi connectivity index (χ1) is 13.7. The van der Waals surface area contributed by atoms with Gasteiger partial charge in [-0.3, -0.25) is 4.90 Å². The van der Waals surface area contributed by atoms with Gasteiger partial charge in [-0.25, -0.2) is 4.79 Å². The molecule has 6 heteroatoms. The summed E-state index contributed by atoms with van der Waals surface area (Å²) in [7, 11) is 1.63.